The van der Waals surface area contributed by atoms with Crippen LogP contribution in [0.5, 0.6) is 5.75 Å². The molecule has 0 unspecified atom stereocenters. The van der Waals surface area contributed by atoms with Crippen LogP contribution in [0.4, 0.5) is 4.39 Å². The maximum absolute atomic E-state index is 13.6. The first kappa shape index (κ1) is 14.4. The number of rotatable bonds is 3. The number of aromatic nitrogens is 2. The minimum absolute atomic E-state index is 0.108. The molecule has 1 aliphatic rings. The molecule has 1 amide bonds. The number of hydrogen-bond donors (Lipinski definition) is 2. The molecule has 2 N–H and O–H groups in total. The highest BCUT2D eigenvalue weighted by Crippen LogP contribution is 2.36. The van der Waals surface area contributed by atoms with E-state index >= 15 is 0 Å². The predicted molar refractivity (Wildman–Crippen MR) is 85.9 cm³/mol. The fourth-order valence-corrected chi connectivity index (χ4v) is 2.76. The van der Waals surface area contributed by atoms with Gasteiger partial charge in [0.25, 0.3) is 5.91 Å². The Morgan fingerprint density at radius 2 is 2.00 bits per heavy atom. The number of aromatic amines is 1. The summed E-state index contributed by atoms with van der Waals surface area (Å²) in [6.07, 6.45) is 0. The normalized spacial score (nSPS) is 12.0. The Morgan fingerprint density at radius 3 is 2.88 bits per heavy atom. The molecular formula is C18H14FN3O2. The zero-order valence-corrected chi connectivity index (χ0v) is 12.7. The van der Waals surface area contributed by atoms with Gasteiger partial charge in [0.2, 0.25) is 0 Å². The molecule has 0 atom stereocenters. The summed E-state index contributed by atoms with van der Waals surface area (Å²) in [4.78, 5) is 12.4. The highest BCUT2D eigenvalue weighted by atomic mass is 19.1. The SMILES string of the molecule is O=C(NCc1ccccc1F)c1[nH]nc2c1COc1ccccc1-2. The van der Waals surface area contributed by atoms with Gasteiger partial charge in [-0.1, -0.05) is 30.3 Å². The van der Waals surface area contributed by atoms with Gasteiger partial charge in [0.1, 0.15) is 29.6 Å². The number of fused-ring (bicyclic) bond motifs is 3. The smallest absolute Gasteiger partial charge is 0.270 e. The molecule has 120 valence electrons. The van der Waals surface area contributed by atoms with Crippen molar-refractivity contribution in [2.24, 2.45) is 0 Å². The Hall–Kier alpha value is -3.15. The summed E-state index contributed by atoms with van der Waals surface area (Å²) in [6, 6.07) is 13.9. The van der Waals surface area contributed by atoms with Crippen molar-refractivity contribution < 1.29 is 13.9 Å². The molecule has 0 spiro atoms. The van der Waals surface area contributed by atoms with Crippen molar-refractivity contribution in [2.45, 2.75) is 13.2 Å². The largest absolute Gasteiger partial charge is 0.488 e. The fourth-order valence-electron chi connectivity index (χ4n) is 2.76. The molecule has 24 heavy (non-hydrogen) atoms. The van der Waals surface area contributed by atoms with E-state index in [0.717, 1.165) is 11.3 Å². The third-order valence-corrected chi connectivity index (χ3v) is 4.01. The maximum atomic E-state index is 13.6. The number of para-hydroxylation sites is 1. The number of halogens is 1. The molecule has 0 aliphatic carbocycles. The van der Waals surface area contributed by atoms with Crippen LogP contribution in [0.3, 0.4) is 0 Å². The lowest BCUT2D eigenvalue weighted by molar-refractivity contribution is 0.0943. The second kappa shape index (κ2) is 5.81. The fraction of sp³-hybridized carbons (Fsp3) is 0.111. The van der Waals surface area contributed by atoms with Crippen LogP contribution in [0.2, 0.25) is 0 Å². The standard InChI is InChI=1S/C18H14FN3O2/c19-14-7-3-1-5-11(14)9-20-18(23)17-13-10-24-15-8-4-2-6-12(15)16(13)21-22-17/h1-8H,9-10H2,(H,20,23)(H,21,22). The molecule has 2 aromatic carbocycles. The number of nitrogens with one attached hydrogen (secondary N) is 2. The predicted octanol–water partition coefficient (Wildman–Crippen LogP) is 3.04. The zero-order valence-electron chi connectivity index (χ0n) is 12.7. The molecule has 5 nitrogen and oxygen atoms in total. The maximum Gasteiger partial charge on any atom is 0.270 e. The van der Waals surface area contributed by atoms with Crippen LogP contribution in [-0.4, -0.2) is 16.1 Å². The van der Waals surface area contributed by atoms with Crippen molar-refractivity contribution in [3.63, 3.8) is 0 Å². The number of hydrogen-bond acceptors (Lipinski definition) is 3. The van der Waals surface area contributed by atoms with Crippen molar-refractivity contribution in [1.82, 2.24) is 15.5 Å². The Bertz CT molecular complexity index is 920. The average molecular weight is 323 g/mol. The summed E-state index contributed by atoms with van der Waals surface area (Å²) in [5, 5.41) is 9.73. The second-order valence-corrected chi connectivity index (χ2v) is 5.48. The summed E-state index contributed by atoms with van der Waals surface area (Å²) in [7, 11) is 0. The summed E-state index contributed by atoms with van der Waals surface area (Å²) in [5.74, 6) is 0.0616. The lowest BCUT2D eigenvalue weighted by Crippen LogP contribution is -2.25. The third kappa shape index (κ3) is 2.42. The van der Waals surface area contributed by atoms with Gasteiger partial charge in [-0.15, -0.1) is 0 Å². The summed E-state index contributed by atoms with van der Waals surface area (Å²) >= 11 is 0. The topological polar surface area (TPSA) is 67.0 Å². The van der Waals surface area contributed by atoms with Crippen LogP contribution in [0.25, 0.3) is 11.3 Å². The molecule has 3 aromatic rings. The van der Waals surface area contributed by atoms with Crippen molar-refractivity contribution in [2.75, 3.05) is 0 Å². The first-order chi connectivity index (χ1) is 11.7. The Kier molecular flexibility index (Phi) is 3.49. The van der Waals surface area contributed by atoms with E-state index in [4.69, 9.17) is 4.74 Å². The van der Waals surface area contributed by atoms with E-state index in [-0.39, 0.29) is 24.9 Å². The number of amides is 1. The number of H-pyrrole nitrogens is 1. The van der Waals surface area contributed by atoms with Gasteiger partial charge in [0.15, 0.2) is 0 Å². The summed E-state index contributed by atoms with van der Waals surface area (Å²) in [6.45, 7) is 0.377. The quantitative estimate of drug-likeness (QED) is 0.778. The Labute approximate surface area is 137 Å². The Balaban J connectivity index is 1.57. The lowest BCUT2D eigenvalue weighted by Gasteiger charge is -2.17. The lowest BCUT2D eigenvalue weighted by atomic mass is 10.0. The molecule has 2 heterocycles. The number of carbonyl (C=O) groups is 1. The van der Waals surface area contributed by atoms with E-state index in [1.807, 2.05) is 24.3 Å². The van der Waals surface area contributed by atoms with Crippen molar-refractivity contribution in [3.8, 4) is 17.0 Å². The van der Waals surface area contributed by atoms with Gasteiger partial charge in [-0.2, -0.15) is 5.10 Å². The molecule has 0 saturated carbocycles. The Morgan fingerprint density at radius 1 is 1.21 bits per heavy atom. The van der Waals surface area contributed by atoms with E-state index in [2.05, 4.69) is 15.5 Å². The van der Waals surface area contributed by atoms with E-state index in [0.29, 0.717) is 22.5 Å². The van der Waals surface area contributed by atoms with Gasteiger partial charge in [-0.05, 0) is 18.2 Å². The van der Waals surface area contributed by atoms with E-state index in [1.165, 1.54) is 6.07 Å². The number of carbonyl (C=O) groups excluding carboxylic acids is 1. The number of ether oxygens (including phenoxy) is 1. The molecule has 0 saturated heterocycles. The monoisotopic (exact) mass is 323 g/mol. The van der Waals surface area contributed by atoms with Gasteiger partial charge >= 0.3 is 0 Å². The van der Waals surface area contributed by atoms with Crippen LogP contribution < -0.4 is 10.1 Å². The van der Waals surface area contributed by atoms with Crippen LogP contribution in [0, 0.1) is 5.82 Å². The third-order valence-electron chi connectivity index (χ3n) is 4.01. The van der Waals surface area contributed by atoms with Crippen LogP contribution in [0.15, 0.2) is 48.5 Å². The van der Waals surface area contributed by atoms with Crippen molar-refractivity contribution in [3.05, 3.63) is 71.2 Å². The number of benzene rings is 2. The summed E-state index contributed by atoms with van der Waals surface area (Å²) in [5.41, 5.74) is 3.05. The van der Waals surface area contributed by atoms with Crippen LogP contribution in [-0.2, 0) is 13.2 Å². The second-order valence-electron chi connectivity index (χ2n) is 5.48. The highest BCUT2D eigenvalue weighted by molar-refractivity contribution is 5.96. The van der Waals surface area contributed by atoms with Gasteiger partial charge in [-0.25, -0.2) is 4.39 Å². The van der Waals surface area contributed by atoms with Gasteiger partial charge in [-0.3, -0.25) is 9.89 Å². The van der Waals surface area contributed by atoms with Gasteiger partial charge < -0.3 is 10.1 Å². The van der Waals surface area contributed by atoms with Crippen LogP contribution >= 0.6 is 0 Å². The minimum Gasteiger partial charge on any atom is -0.488 e. The van der Waals surface area contributed by atoms with Crippen molar-refractivity contribution in [1.29, 1.82) is 0 Å². The van der Waals surface area contributed by atoms with Crippen LogP contribution in [0.1, 0.15) is 21.6 Å². The zero-order chi connectivity index (χ0) is 16.5. The van der Waals surface area contributed by atoms with Gasteiger partial charge in [0.05, 0.1) is 0 Å². The van der Waals surface area contributed by atoms with E-state index in [9.17, 15) is 9.18 Å². The molecule has 0 fully saturated rings. The van der Waals surface area contributed by atoms with Gasteiger partial charge in [0, 0.05) is 23.2 Å². The van der Waals surface area contributed by atoms with E-state index in [1.54, 1.807) is 18.2 Å². The molecule has 0 radical (unpaired) electrons. The molecule has 0 bridgehead atoms. The molecule has 1 aliphatic heterocycles. The van der Waals surface area contributed by atoms with Crippen molar-refractivity contribution >= 4 is 5.91 Å². The molecule has 6 heteroatoms. The number of nitrogens with zero attached hydrogens (tertiary/aromatic N) is 1. The highest BCUT2D eigenvalue weighted by Gasteiger charge is 2.26. The molecular weight excluding hydrogens is 309 g/mol. The minimum atomic E-state index is -0.346. The first-order valence-electron chi connectivity index (χ1n) is 7.55. The average Bonchev–Trinajstić information content (AvgIpc) is 3.05. The summed E-state index contributed by atoms with van der Waals surface area (Å²) < 4.78 is 19.3. The van der Waals surface area contributed by atoms with E-state index < -0.39 is 0 Å². The first-order valence-corrected chi connectivity index (χ1v) is 7.55. The molecule has 1 aromatic heterocycles. The molecule has 4 rings (SSSR count).